The number of anilines is 2. The van der Waals surface area contributed by atoms with Crippen molar-refractivity contribution in [3.63, 3.8) is 0 Å². The summed E-state index contributed by atoms with van der Waals surface area (Å²) in [6.07, 6.45) is 3.79. The van der Waals surface area contributed by atoms with E-state index < -0.39 is 0 Å². The van der Waals surface area contributed by atoms with E-state index in [0.29, 0.717) is 0 Å². The van der Waals surface area contributed by atoms with E-state index in [1.54, 1.807) is 11.8 Å². The fraction of sp³-hybridized carbons (Fsp3) is 0.357. The van der Waals surface area contributed by atoms with Crippen LogP contribution in [0.4, 0.5) is 11.6 Å². The van der Waals surface area contributed by atoms with Crippen molar-refractivity contribution in [3.05, 3.63) is 36.2 Å². The van der Waals surface area contributed by atoms with E-state index in [9.17, 15) is 0 Å². The number of pyridine rings is 1. The summed E-state index contributed by atoms with van der Waals surface area (Å²) >= 11 is 1.54. The summed E-state index contributed by atoms with van der Waals surface area (Å²) < 4.78 is 0. The number of hydrogen-bond acceptors (Lipinski definition) is 6. The van der Waals surface area contributed by atoms with Gasteiger partial charge in [-0.15, -0.1) is 0 Å². The van der Waals surface area contributed by atoms with E-state index in [1.807, 2.05) is 43.8 Å². The largest absolute Gasteiger partial charge is 0.373 e. The van der Waals surface area contributed by atoms with Crippen molar-refractivity contribution in [3.8, 4) is 0 Å². The smallest absolute Gasteiger partial charge is 0.191 e. The number of aromatic nitrogens is 3. The van der Waals surface area contributed by atoms with Crippen LogP contribution in [-0.2, 0) is 6.54 Å². The Balaban J connectivity index is 2.26. The fourth-order valence-electron chi connectivity index (χ4n) is 1.84. The van der Waals surface area contributed by atoms with E-state index in [1.165, 1.54) is 0 Å². The van der Waals surface area contributed by atoms with Gasteiger partial charge in [-0.1, -0.05) is 17.8 Å². The lowest BCUT2D eigenvalue weighted by Crippen LogP contribution is -2.24. The van der Waals surface area contributed by atoms with Gasteiger partial charge >= 0.3 is 0 Å². The molecule has 2 aromatic heterocycles. The summed E-state index contributed by atoms with van der Waals surface area (Å²) in [6, 6.07) is 7.92. The molecule has 0 saturated carbocycles. The van der Waals surface area contributed by atoms with Crippen LogP contribution in [0.5, 0.6) is 0 Å². The van der Waals surface area contributed by atoms with E-state index in [-0.39, 0.29) is 0 Å². The second-order valence-electron chi connectivity index (χ2n) is 4.18. The molecule has 1 N–H and O–H groups in total. The zero-order valence-corrected chi connectivity index (χ0v) is 12.8. The quantitative estimate of drug-likeness (QED) is 0.652. The Bertz CT molecular complexity index is 524. The van der Waals surface area contributed by atoms with Crippen LogP contribution >= 0.6 is 11.8 Å². The number of nitrogens with one attached hydrogen (secondary N) is 1. The molecule has 2 aromatic rings. The van der Waals surface area contributed by atoms with Crippen molar-refractivity contribution < 1.29 is 0 Å². The van der Waals surface area contributed by atoms with Crippen molar-refractivity contribution in [2.75, 3.05) is 30.1 Å². The van der Waals surface area contributed by atoms with Crippen LogP contribution in [0.1, 0.15) is 12.6 Å². The molecule has 6 heteroatoms. The molecule has 0 saturated heterocycles. The molecule has 5 nitrogen and oxygen atoms in total. The zero-order valence-electron chi connectivity index (χ0n) is 12.0. The molecule has 0 bridgehead atoms. The first-order chi connectivity index (χ1) is 9.76. The lowest BCUT2D eigenvalue weighted by atomic mass is 10.3. The van der Waals surface area contributed by atoms with Crippen molar-refractivity contribution in [2.24, 2.45) is 0 Å². The van der Waals surface area contributed by atoms with Gasteiger partial charge in [0.2, 0.25) is 0 Å². The summed E-state index contributed by atoms with van der Waals surface area (Å²) in [6.45, 7) is 3.72. The lowest BCUT2D eigenvalue weighted by molar-refractivity contribution is 0.777. The first-order valence-electron chi connectivity index (χ1n) is 6.52. The number of nitrogens with zero attached hydrogens (tertiary/aromatic N) is 4. The van der Waals surface area contributed by atoms with Gasteiger partial charge in [0, 0.05) is 25.9 Å². The van der Waals surface area contributed by atoms with Gasteiger partial charge in [-0.3, -0.25) is 4.98 Å². The Hall–Kier alpha value is -1.82. The van der Waals surface area contributed by atoms with Crippen molar-refractivity contribution in [1.29, 1.82) is 0 Å². The highest BCUT2D eigenvalue weighted by Crippen LogP contribution is 2.21. The van der Waals surface area contributed by atoms with Gasteiger partial charge in [-0.05, 0) is 25.3 Å². The molecule has 2 heterocycles. The summed E-state index contributed by atoms with van der Waals surface area (Å²) in [5.41, 5.74) is 1.03. The molecule has 0 radical (unpaired) electrons. The van der Waals surface area contributed by atoms with Crippen LogP contribution in [0.15, 0.2) is 35.6 Å². The molecule has 0 spiro atoms. The number of thioether (sulfide) groups is 1. The molecule has 0 aromatic carbocycles. The number of hydrogen-bond donors (Lipinski definition) is 1. The minimum Gasteiger partial charge on any atom is -0.373 e. The molecule has 0 aliphatic rings. The Morgan fingerprint density at radius 1 is 1.30 bits per heavy atom. The average molecular weight is 289 g/mol. The van der Waals surface area contributed by atoms with Gasteiger partial charge in [0.1, 0.15) is 11.6 Å². The molecule has 106 valence electrons. The van der Waals surface area contributed by atoms with Crippen LogP contribution in [-0.4, -0.2) is 34.8 Å². The predicted octanol–water partition coefficient (Wildman–Crippen LogP) is 2.66. The standard InChI is InChI=1S/C14H19N5S/c1-4-19(10-11-7-5-6-8-16-11)13-9-12(15-2)17-14(18-13)20-3/h5-9H,4,10H2,1-3H3,(H,15,17,18). The van der Waals surface area contributed by atoms with Crippen LogP contribution < -0.4 is 10.2 Å². The van der Waals surface area contributed by atoms with Crippen LogP contribution in [0, 0.1) is 0 Å². The molecular weight excluding hydrogens is 270 g/mol. The number of rotatable bonds is 6. The molecule has 0 aliphatic heterocycles. The zero-order chi connectivity index (χ0) is 14.4. The molecule has 0 aliphatic carbocycles. The SMILES string of the molecule is CCN(Cc1ccccn1)c1cc(NC)nc(SC)n1. The van der Waals surface area contributed by atoms with Crippen molar-refractivity contribution >= 4 is 23.4 Å². The summed E-state index contributed by atoms with van der Waals surface area (Å²) in [5, 5.41) is 3.85. The topological polar surface area (TPSA) is 53.9 Å². The third kappa shape index (κ3) is 3.60. The summed E-state index contributed by atoms with van der Waals surface area (Å²) in [5.74, 6) is 1.75. The maximum Gasteiger partial charge on any atom is 0.191 e. The summed E-state index contributed by atoms with van der Waals surface area (Å²) in [7, 11) is 1.87. The predicted molar refractivity (Wildman–Crippen MR) is 84.3 cm³/mol. The van der Waals surface area contributed by atoms with Gasteiger partial charge in [0.15, 0.2) is 5.16 Å². The first-order valence-corrected chi connectivity index (χ1v) is 7.75. The lowest BCUT2D eigenvalue weighted by Gasteiger charge is -2.22. The molecule has 0 fully saturated rings. The third-order valence-corrected chi connectivity index (χ3v) is 3.46. The third-order valence-electron chi connectivity index (χ3n) is 2.92. The molecule has 0 atom stereocenters. The normalized spacial score (nSPS) is 10.3. The van der Waals surface area contributed by atoms with E-state index in [0.717, 1.165) is 35.6 Å². The highest BCUT2D eigenvalue weighted by molar-refractivity contribution is 7.98. The summed E-state index contributed by atoms with van der Waals surface area (Å²) in [4.78, 5) is 15.5. The molecule has 20 heavy (non-hydrogen) atoms. The minimum absolute atomic E-state index is 0.741. The molecular formula is C14H19N5S. The van der Waals surface area contributed by atoms with Crippen LogP contribution in [0.25, 0.3) is 0 Å². The Labute approximate surface area is 123 Å². The maximum absolute atomic E-state index is 4.58. The fourth-order valence-corrected chi connectivity index (χ4v) is 2.21. The van der Waals surface area contributed by atoms with Gasteiger partial charge in [-0.2, -0.15) is 0 Å². The van der Waals surface area contributed by atoms with Gasteiger partial charge in [0.25, 0.3) is 0 Å². The van der Waals surface area contributed by atoms with Gasteiger partial charge in [-0.25, -0.2) is 9.97 Å². The Morgan fingerprint density at radius 2 is 2.15 bits per heavy atom. The van der Waals surface area contributed by atoms with E-state index in [2.05, 4.69) is 32.1 Å². The van der Waals surface area contributed by atoms with Gasteiger partial charge < -0.3 is 10.2 Å². The minimum atomic E-state index is 0.741. The molecule has 0 amide bonds. The molecule has 0 unspecified atom stereocenters. The highest BCUT2D eigenvalue weighted by Gasteiger charge is 2.11. The van der Waals surface area contributed by atoms with E-state index >= 15 is 0 Å². The van der Waals surface area contributed by atoms with Crippen LogP contribution in [0.2, 0.25) is 0 Å². The second-order valence-corrected chi connectivity index (χ2v) is 4.96. The van der Waals surface area contributed by atoms with Gasteiger partial charge in [0.05, 0.1) is 12.2 Å². The second kappa shape index (κ2) is 7.09. The van der Waals surface area contributed by atoms with Crippen molar-refractivity contribution in [1.82, 2.24) is 15.0 Å². The van der Waals surface area contributed by atoms with Crippen molar-refractivity contribution in [2.45, 2.75) is 18.6 Å². The van der Waals surface area contributed by atoms with Crippen LogP contribution in [0.3, 0.4) is 0 Å². The maximum atomic E-state index is 4.58. The monoisotopic (exact) mass is 289 g/mol. The molecule has 2 rings (SSSR count). The first kappa shape index (κ1) is 14.6. The Kier molecular flexibility index (Phi) is 5.17. The Morgan fingerprint density at radius 3 is 2.75 bits per heavy atom. The van der Waals surface area contributed by atoms with E-state index in [4.69, 9.17) is 0 Å². The highest BCUT2D eigenvalue weighted by atomic mass is 32.2. The average Bonchev–Trinajstić information content (AvgIpc) is 2.53.